The number of fused-ring (bicyclic) bond motifs is 3. The highest BCUT2D eigenvalue weighted by Gasteiger charge is 2.12. The summed E-state index contributed by atoms with van der Waals surface area (Å²) in [6.45, 7) is 4.23. The van der Waals surface area contributed by atoms with E-state index in [0.717, 1.165) is 15.6 Å². The van der Waals surface area contributed by atoms with Crippen LogP contribution in [0.5, 0.6) is 0 Å². The Bertz CT molecular complexity index is 1130. The summed E-state index contributed by atoms with van der Waals surface area (Å²) in [5.74, 6) is 0.500. The SMILES string of the molecule is Cc1cc(C=NNc2nc(N)cs2)c(C)c2c1[nH]c1ccc(Br)cc12. The van der Waals surface area contributed by atoms with E-state index in [4.69, 9.17) is 5.73 Å². The zero-order valence-electron chi connectivity index (χ0n) is 13.7. The molecule has 2 heterocycles. The first-order valence-electron chi connectivity index (χ1n) is 7.74. The topological polar surface area (TPSA) is 79.1 Å². The number of nitrogens with zero attached hydrogens (tertiary/aromatic N) is 2. The lowest BCUT2D eigenvalue weighted by Crippen LogP contribution is -1.95. The molecule has 0 bridgehead atoms. The van der Waals surface area contributed by atoms with Crippen LogP contribution in [-0.2, 0) is 0 Å². The molecule has 0 fully saturated rings. The van der Waals surface area contributed by atoms with Crippen molar-refractivity contribution < 1.29 is 0 Å². The summed E-state index contributed by atoms with van der Waals surface area (Å²) in [5.41, 5.74) is 14.3. The van der Waals surface area contributed by atoms with Crippen molar-refractivity contribution in [2.24, 2.45) is 5.10 Å². The van der Waals surface area contributed by atoms with Crippen LogP contribution >= 0.6 is 27.3 Å². The second-order valence-electron chi connectivity index (χ2n) is 5.92. The van der Waals surface area contributed by atoms with Gasteiger partial charge in [0.1, 0.15) is 5.82 Å². The monoisotopic (exact) mass is 413 g/mol. The molecule has 0 aliphatic rings. The van der Waals surface area contributed by atoms with Gasteiger partial charge in [-0.25, -0.2) is 4.98 Å². The third-order valence-electron chi connectivity index (χ3n) is 4.22. The molecule has 2 aromatic carbocycles. The van der Waals surface area contributed by atoms with Gasteiger partial charge in [-0.1, -0.05) is 15.9 Å². The fourth-order valence-electron chi connectivity index (χ4n) is 3.04. The number of aryl methyl sites for hydroxylation is 2. The third-order valence-corrected chi connectivity index (χ3v) is 5.48. The molecular weight excluding hydrogens is 398 g/mol. The van der Waals surface area contributed by atoms with E-state index in [-0.39, 0.29) is 0 Å². The van der Waals surface area contributed by atoms with Crippen LogP contribution in [-0.4, -0.2) is 16.2 Å². The molecule has 126 valence electrons. The van der Waals surface area contributed by atoms with Gasteiger partial charge in [-0.2, -0.15) is 5.10 Å². The normalized spacial score (nSPS) is 11.8. The Morgan fingerprint density at radius 3 is 2.92 bits per heavy atom. The quantitative estimate of drug-likeness (QED) is 0.319. The van der Waals surface area contributed by atoms with Gasteiger partial charge in [-0.05, 0) is 54.8 Å². The summed E-state index contributed by atoms with van der Waals surface area (Å²) in [4.78, 5) is 7.66. The summed E-state index contributed by atoms with van der Waals surface area (Å²) in [7, 11) is 0. The van der Waals surface area contributed by atoms with E-state index in [9.17, 15) is 0 Å². The van der Waals surface area contributed by atoms with Gasteiger partial charge in [-0.3, -0.25) is 5.43 Å². The van der Waals surface area contributed by atoms with E-state index in [1.807, 2.05) is 12.3 Å². The van der Waals surface area contributed by atoms with Crippen molar-refractivity contribution in [1.82, 2.24) is 9.97 Å². The maximum absolute atomic E-state index is 5.62. The Hall–Kier alpha value is -2.38. The maximum Gasteiger partial charge on any atom is 0.205 e. The zero-order valence-corrected chi connectivity index (χ0v) is 16.1. The van der Waals surface area contributed by atoms with E-state index in [1.165, 1.54) is 38.8 Å². The smallest absolute Gasteiger partial charge is 0.205 e. The number of benzene rings is 2. The van der Waals surface area contributed by atoms with E-state index >= 15 is 0 Å². The molecule has 0 unspecified atom stereocenters. The average Bonchev–Trinajstić information content (AvgIpc) is 3.16. The summed E-state index contributed by atoms with van der Waals surface area (Å²) in [5, 5.41) is 9.22. The molecule has 0 amide bonds. The Balaban J connectivity index is 1.80. The van der Waals surface area contributed by atoms with Crippen molar-refractivity contribution in [3.63, 3.8) is 0 Å². The van der Waals surface area contributed by atoms with Gasteiger partial charge in [-0.15, -0.1) is 11.3 Å². The van der Waals surface area contributed by atoms with Gasteiger partial charge in [0.2, 0.25) is 5.13 Å². The lowest BCUT2D eigenvalue weighted by atomic mass is 9.99. The molecule has 0 spiro atoms. The molecule has 25 heavy (non-hydrogen) atoms. The number of aromatic nitrogens is 2. The molecule has 0 aliphatic heterocycles. The minimum Gasteiger partial charge on any atom is -0.383 e. The molecule has 0 radical (unpaired) electrons. The fourth-order valence-corrected chi connectivity index (χ4v) is 3.95. The van der Waals surface area contributed by atoms with Crippen molar-refractivity contribution in [1.29, 1.82) is 0 Å². The predicted molar refractivity (Wildman–Crippen MR) is 111 cm³/mol. The number of halogens is 1. The molecule has 7 heteroatoms. The van der Waals surface area contributed by atoms with Crippen molar-refractivity contribution >= 4 is 66.2 Å². The van der Waals surface area contributed by atoms with E-state index in [2.05, 4.69) is 68.5 Å². The van der Waals surface area contributed by atoms with Gasteiger partial charge < -0.3 is 10.7 Å². The highest BCUT2D eigenvalue weighted by molar-refractivity contribution is 9.10. The predicted octanol–water partition coefficient (Wildman–Crippen LogP) is 5.19. The Labute approximate surface area is 157 Å². The summed E-state index contributed by atoms with van der Waals surface area (Å²) >= 11 is 5.00. The van der Waals surface area contributed by atoms with Crippen LogP contribution in [0.2, 0.25) is 0 Å². The Morgan fingerprint density at radius 2 is 2.16 bits per heavy atom. The van der Waals surface area contributed by atoms with Crippen molar-refractivity contribution in [3.05, 3.63) is 50.8 Å². The van der Waals surface area contributed by atoms with Crippen LogP contribution in [0.15, 0.2) is 39.2 Å². The van der Waals surface area contributed by atoms with Crippen LogP contribution in [0, 0.1) is 13.8 Å². The highest BCUT2D eigenvalue weighted by atomic mass is 79.9. The molecule has 4 N–H and O–H groups in total. The van der Waals surface area contributed by atoms with Crippen LogP contribution in [0.4, 0.5) is 10.9 Å². The van der Waals surface area contributed by atoms with E-state index in [0.29, 0.717) is 10.9 Å². The summed E-state index contributed by atoms with van der Waals surface area (Å²) < 4.78 is 1.07. The number of nitrogens with one attached hydrogen (secondary N) is 2. The fraction of sp³-hybridized carbons (Fsp3) is 0.111. The summed E-state index contributed by atoms with van der Waals surface area (Å²) in [6.07, 6.45) is 1.83. The number of hydrogen-bond acceptors (Lipinski definition) is 5. The van der Waals surface area contributed by atoms with Gasteiger partial charge in [0, 0.05) is 31.7 Å². The number of hydrogen-bond donors (Lipinski definition) is 3. The number of nitrogen functional groups attached to an aromatic ring is 1. The van der Waals surface area contributed by atoms with Crippen LogP contribution in [0.3, 0.4) is 0 Å². The number of thiazole rings is 1. The van der Waals surface area contributed by atoms with Gasteiger partial charge in [0.05, 0.1) is 6.21 Å². The highest BCUT2D eigenvalue weighted by Crippen LogP contribution is 2.33. The molecular formula is C18H16BrN5S. The van der Waals surface area contributed by atoms with E-state index < -0.39 is 0 Å². The molecule has 0 atom stereocenters. The Kier molecular flexibility index (Phi) is 3.97. The zero-order chi connectivity index (χ0) is 17.6. The molecule has 0 saturated carbocycles. The molecule has 4 rings (SSSR count). The third kappa shape index (κ3) is 2.89. The number of H-pyrrole nitrogens is 1. The lowest BCUT2D eigenvalue weighted by Gasteiger charge is -2.06. The van der Waals surface area contributed by atoms with Gasteiger partial charge in [0.25, 0.3) is 0 Å². The number of nitrogens with two attached hydrogens (primary N) is 1. The number of hydrazone groups is 1. The summed E-state index contributed by atoms with van der Waals surface area (Å²) in [6, 6.07) is 8.44. The first-order valence-corrected chi connectivity index (χ1v) is 9.41. The largest absolute Gasteiger partial charge is 0.383 e. The van der Waals surface area contributed by atoms with Gasteiger partial charge in [0.15, 0.2) is 0 Å². The molecule has 0 aliphatic carbocycles. The van der Waals surface area contributed by atoms with Crippen LogP contribution in [0.25, 0.3) is 21.8 Å². The standard InChI is InChI=1S/C18H16BrN5S/c1-9-5-11(7-21-24-18-23-15(20)8-25-18)10(2)16-13-6-12(19)3-4-14(13)22-17(9)16/h3-8,22H,20H2,1-2H3,(H,23,24). The molecule has 5 nitrogen and oxygen atoms in total. The molecule has 0 saturated heterocycles. The molecule has 4 aromatic rings. The van der Waals surface area contributed by atoms with Crippen LogP contribution < -0.4 is 11.2 Å². The first kappa shape index (κ1) is 16.1. The molecule has 2 aromatic heterocycles. The minimum atomic E-state index is 0.500. The number of aromatic amines is 1. The number of rotatable bonds is 3. The maximum atomic E-state index is 5.62. The van der Waals surface area contributed by atoms with Crippen LogP contribution in [0.1, 0.15) is 16.7 Å². The van der Waals surface area contributed by atoms with Crippen molar-refractivity contribution in [3.8, 4) is 0 Å². The van der Waals surface area contributed by atoms with Gasteiger partial charge >= 0.3 is 0 Å². The Morgan fingerprint density at radius 1 is 1.32 bits per heavy atom. The second-order valence-corrected chi connectivity index (χ2v) is 7.69. The second kappa shape index (κ2) is 6.16. The lowest BCUT2D eigenvalue weighted by molar-refractivity contribution is 1.29. The van der Waals surface area contributed by atoms with Crippen molar-refractivity contribution in [2.45, 2.75) is 13.8 Å². The van der Waals surface area contributed by atoms with Crippen molar-refractivity contribution in [2.75, 3.05) is 11.2 Å². The average molecular weight is 414 g/mol. The number of anilines is 2. The minimum absolute atomic E-state index is 0.500. The van der Waals surface area contributed by atoms with E-state index in [1.54, 1.807) is 5.38 Å². The first-order chi connectivity index (χ1) is 12.0.